The van der Waals surface area contributed by atoms with Crippen LogP contribution in [0, 0.1) is 0 Å². The number of rotatable bonds is 5. The molecule has 2 N–H and O–H groups in total. The second-order valence-corrected chi connectivity index (χ2v) is 5.86. The smallest absolute Gasteiger partial charge is 0.254 e. The Morgan fingerprint density at radius 1 is 1.32 bits per heavy atom. The van der Waals surface area contributed by atoms with Crippen molar-refractivity contribution in [2.24, 2.45) is 5.73 Å². The minimum absolute atomic E-state index is 0.0413. The summed E-state index contributed by atoms with van der Waals surface area (Å²) >= 11 is 16.7. The molecule has 0 aromatic heterocycles. The normalized spacial score (nSPS) is 10.6. The summed E-state index contributed by atoms with van der Waals surface area (Å²) < 4.78 is 0. The van der Waals surface area contributed by atoms with Crippen molar-refractivity contribution in [2.75, 3.05) is 6.54 Å². The molecule has 0 aliphatic carbocycles. The van der Waals surface area contributed by atoms with Crippen molar-refractivity contribution < 1.29 is 4.79 Å². The Kier molecular flexibility index (Phi) is 6.04. The summed E-state index contributed by atoms with van der Waals surface area (Å²) in [6.45, 7) is 4.35. The minimum atomic E-state index is -0.129. The van der Waals surface area contributed by atoms with Crippen molar-refractivity contribution in [1.82, 2.24) is 4.90 Å². The van der Waals surface area contributed by atoms with Crippen LogP contribution < -0.4 is 5.73 Å². The lowest BCUT2D eigenvalue weighted by Crippen LogP contribution is -2.39. The molecule has 1 amide bonds. The number of thiocarbonyl (C=S) groups is 1. The van der Waals surface area contributed by atoms with Gasteiger partial charge in [-0.1, -0.05) is 35.4 Å². The zero-order chi connectivity index (χ0) is 14.6. The fourth-order valence-electron chi connectivity index (χ4n) is 1.67. The van der Waals surface area contributed by atoms with Crippen LogP contribution in [0.15, 0.2) is 18.2 Å². The van der Waals surface area contributed by atoms with Crippen LogP contribution in [0.1, 0.15) is 30.6 Å². The second kappa shape index (κ2) is 7.08. The van der Waals surface area contributed by atoms with Crippen molar-refractivity contribution in [2.45, 2.75) is 26.3 Å². The van der Waals surface area contributed by atoms with Gasteiger partial charge in [-0.3, -0.25) is 4.79 Å². The predicted molar refractivity (Wildman–Crippen MR) is 84.0 cm³/mol. The fourth-order valence-corrected chi connectivity index (χ4v) is 2.29. The third kappa shape index (κ3) is 4.97. The molecular formula is C13H16Cl2N2OS. The maximum atomic E-state index is 12.4. The van der Waals surface area contributed by atoms with Crippen molar-refractivity contribution in [3.8, 4) is 0 Å². The van der Waals surface area contributed by atoms with Crippen LogP contribution in [0.4, 0.5) is 0 Å². The molecule has 104 valence electrons. The lowest BCUT2D eigenvalue weighted by molar-refractivity contribution is 0.0711. The van der Waals surface area contributed by atoms with Gasteiger partial charge in [0.05, 0.1) is 4.99 Å². The molecule has 19 heavy (non-hydrogen) atoms. The van der Waals surface area contributed by atoms with Crippen LogP contribution in [0.5, 0.6) is 0 Å². The maximum absolute atomic E-state index is 12.4. The van der Waals surface area contributed by atoms with Gasteiger partial charge in [-0.2, -0.15) is 0 Å². The summed E-state index contributed by atoms with van der Waals surface area (Å²) in [6, 6.07) is 4.84. The Hall–Kier alpha value is -0.840. The molecule has 0 saturated carbocycles. The highest BCUT2D eigenvalue weighted by Crippen LogP contribution is 2.21. The van der Waals surface area contributed by atoms with Gasteiger partial charge < -0.3 is 10.6 Å². The van der Waals surface area contributed by atoms with Gasteiger partial charge in [0.25, 0.3) is 5.91 Å². The number of hydrogen-bond donors (Lipinski definition) is 1. The zero-order valence-electron chi connectivity index (χ0n) is 10.8. The Bertz CT molecular complexity index is 471. The van der Waals surface area contributed by atoms with E-state index >= 15 is 0 Å². The van der Waals surface area contributed by atoms with Gasteiger partial charge in [-0.25, -0.2) is 0 Å². The van der Waals surface area contributed by atoms with E-state index in [0.29, 0.717) is 33.6 Å². The number of carbonyl (C=O) groups excluding carboxylic acids is 1. The number of amides is 1. The van der Waals surface area contributed by atoms with Crippen LogP contribution in [-0.2, 0) is 0 Å². The van der Waals surface area contributed by atoms with Crippen molar-refractivity contribution in [3.63, 3.8) is 0 Å². The molecule has 6 heteroatoms. The average molecular weight is 319 g/mol. The lowest BCUT2D eigenvalue weighted by atomic mass is 10.1. The number of carbonyl (C=O) groups is 1. The van der Waals surface area contributed by atoms with E-state index in [2.05, 4.69) is 0 Å². The average Bonchev–Trinajstić information content (AvgIpc) is 2.26. The van der Waals surface area contributed by atoms with E-state index in [0.717, 1.165) is 0 Å². The predicted octanol–water partition coefficient (Wildman–Crippen LogP) is 3.52. The third-order valence-corrected chi connectivity index (χ3v) is 3.23. The van der Waals surface area contributed by atoms with Crippen LogP contribution in [0.25, 0.3) is 0 Å². The Labute approximate surface area is 128 Å². The standard InChI is InChI=1S/C13H16Cl2N2OS/c1-8(2)17(4-3-12(16)19)13(18)9-5-10(14)7-11(15)6-9/h5-8H,3-4H2,1-2H3,(H2,16,19). The van der Waals surface area contributed by atoms with E-state index in [1.54, 1.807) is 23.1 Å². The van der Waals surface area contributed by atoms with Crippen LogP contribution in [0.2, 0.25) is 10.0 Å². The molecule has 3 nitrogen and oxygen atoms in total. The monoisotopic (exact) mass is 318 g/mol. The first kappa shape index (κ1) is 16.2. The Morgan fingerprint density at radius 3 is 2.26 bits per heavy atom. The van der Waals surface area contributed by atoms with E-state index in [1.807, 2.05) is 13.8 Å². The summed E-state index contributed by atoms with van der Waals surface area (Å²) in [5, 5.41) is 0.878. The largest absolute Gasteiger partial charge is 0.393 e. The number of benzene rings is 1. The number of nitrogens with zero attached hydrogens (tertiary/aromatic N) is 1. The molecule has 0 fully saturated rings. The van der Waals surface area contributed by atoms with Gasteiger partial charge in [0.2, 0.25) is 0 Å². The van der Waals surface area contributed by atoms with Crippen molar-refractivity contribution in [3.05, 3.63) is 33.8 Å². The molecule has 0 unspecified atom stereocenters. The first-order chi connectivity index (χ1) is 8.81. The fraction of sp³-hybridized carbons (Fsp3) is 0.385. The van der Waals surface area contributed by atoms with E-state index < -0.39 is 0 Å². The van der Waals surface area contributed by atoms with Gasteiger partial charge in [0.1, 0.15) is 0 Å². The van der Waals surface area contributed by atoms with Crippen molar-refractivity contribution >= 4 is 46.3 Å². The van der Waals surface area contributed by atoms with E-state index in [-0.39, 0.29) is 11.9 Å². The van der Waals surface area contributed by atoms with Gasteiger partial charge >= 0.3 is 0 Å². The highest BCUT2D eigenvalue weighted by atomic mass is 35.5. The summed E-state index contributed by atoms with van der Waals surface area (Å²) in [7, 11) is 0. The van der Waals surface area contributed by atoms with E-state index in [1.165, 1.54) is 0 Å². The molecule has 1 aromatic rings. The maximum Gasteiger partial charge on any atom is 0.254 e. The minimum Gasteiger partial charge on any atom is -0.393 e. The SMILES string of the molecule is CC(C)N(CCC(N)=S)C(=O)c1cc(Cl)cc(Cl)c1. The Morgan fingerprint density at radius 2 is 1.84 bits per heavy atom. The second-order valence-electron chi connectivity index (χ2n) is 4.47. The number of nitrogens with two attached hydrogens (primary N) is 1. The van der Waals surface area contributed by atoms with E-state index in [4.69, 9.17) is 41.2 Å². The summed E-state index contributed by atoms with van der Waals surface area (Å²) in [4.78, 5) is 14.5. The first-order valence-corrected chi connectivity index (χ1v) is 7.03. The highest BCUT2D eigenvalue weighted by molar-refractivity contribution is 7.80. The van der Waals surface area contributed by atoms with Crippen LogP contribution >= 0.6 is 35.4 Å². The molecule has 0 aliphatic heterocycles. The summed E-state index contributed by atoms with van der Waals surface area (Å²) in [6.07, 6.45) is 0.494. The molecule has 0 bridgehead atoms. The van der Waals surface area contributed by atoms with Gasteiger partial charge in [0.15, 0.2) is 0 Å². The molecule has 0 heterocycles. The van der Waals surface area contributed by atoms with Gasteiger partial charge in [-0.05, 0) is 32.0 Å². The number of halogens is 2. The van der Waals surface area contributed by atoms with Crippen LogP contribution in [0.3, 0.4) is 0 Å². The first-order valence-electron chi connectivity index (χ1n) is 5.86. The van der Waals surface area contributed by atoms with Crippen molar-refractivity contribution in [1.29, 1.82) is 0 Å². The quantitative estimate of drug-likeness (QED) is 0.845. The molecule has 0 aliphatic rings. The lowest BCUT2D eigenvalue weighted by Gasteiger charge is -2.26. The van der Waals surface area contributed by atoms with E-state index in [9.17, 15) is 4.79 Å². The molecule has 0 atom stereocenters. The van der Waals surface area contributed by atoms with Gasteiger partial charge in [-0.15, -0.1) is 0 Å². The molecule has 1 rings (SSSR count). The topological polar surface area (TPSA) is 46.3 Å². The highest BCUT2D eigenvalue weighted by Gasteiger charge is 2.19. The molecule has 1 aromatic carbocycles. The number of hydrogen-bond acceptors (Lipinski definition) is 2. The third-order valence-electron chi connectivity index (χ3n) is 2.59. The molecular weight excluding hydrogens is 303 g/mol. The molecule has 0 spiro atoms. The molecule has 0 radical (unpaired) electrons. The van der Waals surface area contributed by atoms with Crippen LogP contribution in [-0.4, -0.2) is 28.4 Å². The summed E-state index contributed by atoms with van der Waals surface area (Å²) in [5.74, 6) is -0.129. The van der Waals surface area contributed by atoms with Gasteiger partial charge in [0, 0.05) is 34.6 Å². The summed E-state index contributed by atoms with van der Waals surface area (Å²) in [5.41, 5.74) is 5.95. The Balaban J connectivity index is 2.95. The molecule has 0 saturated heterocycles. The zero-order valence-corrected chi connectivity index (χ0v) is 13.1.